The van der Waals surface area contributed by atoms with Crippen LogP contribution >= 0.6 is 35.3 Å². The Hall–Kier alpha value is -0.340. The Morgan fingerprint density at radius 2 is 2.11 bits per heavy atom. The number of nitrogens with two attached hydrogens (primary N) is 1. The molecule has 0 spiro atoms. The smallest absolute Gasteiger partial charge is 0.189 e. The van der Waals surface area contributed by atoms with Crippen LogP contribution in [0.15, 0.2) is 22.5 Å². The van der Waals surface area contributed by atoms with Crippen molar-refractivity contribution >= 4 is 41.3 Å². The van der Waals surface area contributed by atoms with Crippen molar-refractivity contribution in [2.45, 2.75) is 32.4 Å². The number of nitrogens with one attached hydrogen (secondary N) is 1. The van der Waals surface area contributed by atoms with Gasteiger partial charge < -0.3 is 16.0 Å². The van der Waals surface area contributed by atoms with Crippen molar-refractivity contribution in [1.29, 1.82) is 0 Å². The molecule has 6 heteroatoms. The number of likely N-dealkylation sites (N-methyl/N-ethyl adjacent to an activating group) is 1. The summed E-state index contributed by atoms with van der Waals surface area (Å²) in [6, 6.07) is 4.49. The molecular formula is C13H25IN4S. The fourth-order valence-corrected chi connectivity index (χ4v) is 2.51. The van der Waals surface area contributed by atoms with E-state index in [1.54, 1.807) is 11.3 Å². The fraction of sp³-hybridized carbons (Fsp3) is 0.615. The normalized spacial score (nSPS) is 14.1. The van der Waals surface area contributed by atoms with Crippen LogP contribution in [0.2, 0.25) is 0 Å². The second kappa shape index (κ2) is 8.06. The molecule has 0 saturated heterocycles. The van der Waals surface area contributed by atoms with Gasteiger partial charge >= 0.3 is 0 Å². The maximum Gasteiger partial charge on any atom is 0.189 e. The van der Waals surface area contributed by atoms with Gasteiger partial charge in [-0.05, 0) is 46.3 Å². The highest BCUT2D eigenvalue weighted by Gasteiger charge is 2.15. The van der Waals surface area contributed by atoms with Gasteiger partial charge in [0.15, 0.2) is 5.96 Å². The molecule has 0 aromatic carbocycles. The van der Waals surface area contributed by atoms with Crippen molar-refractivity contribution in [3.05, 3.63) is 22.4 Å². The molecule has 0 fully saturated rings. The van der Waals surface area contributed by atoms with Crippen molar-refractivity contribution < 1.29 is 0 Å². The number of rotatable bonds is 4. The summed E-state index contributed by atoms with van der Waals surface area (Å²) in [5.74, 6) is 0.505. The number of aliphatic imine (C=N–C) groups is 1. The monoisotopic (exact) mass is 396 g/mol. The summed E-state index contributed by atoms with van der Waals surface area (Å²) in [6.07, 6.45) is 0. The van der Waals surface area contributed by atoms with Gasteiger partial charge in [-0.3, -0.25) is 4.99 Å². The molecule has 0 bridgehead atoms. The lowest BCUT2D eigenvalue weighted by molar-refractivity contribution is 0.310. The number of guanidine groups is 1. The van der Waals surface area contributed by atoms with Gasteiger partial charge in [0, 0.05) is 10.4 Å². The van der Waals surface area contributed by atoms with E-state index >= 15 is 0 Å². The zero-order chi connectivity index (χ0) is 13.8. The third-order valence-corrected chi connectivity index (χ3v) is 3.41. The molecule has 19 heavy (non-hydrogen) atoms. The molecule has 1 atom stereocenters. The first-order chi connectivity index (χ1) is 8.29. The lowest BCUT2D eigenvalue weighted by Gasteiger charge is -2.24. The summed E-state index contributed by atoms with van der Waals surface area (Å²) < 4.78 is 0. The van der Waals surface area contributed by atoms with E-state index < -0.39 is 0 Å². The third-order valence-electron chi connectivity index (χ3n) is 2.43. The van der Waals surface area contributed by atoms with E-state index in [9.17, 15) is 0 Å². The minimum absolute atomic E-state index is 0. The van der Waals surface area contributed by atoms with Gasteiger partial charge in [-0.15, -0.1) is 35.3 Å². The standard InChI is InChI=1S/C13H24N4S.HI/c1-13(2,3)16-12(14)15-9-10(17(4)5)11-7-6-8-18-11;/h6-8,10H,9H2,1-5H3,(H3,14,15,16);1H. The van der Waals surface area contributed by atoms with E-state index in [1.807, 2.05) is 0 Å². The molecule has 1 aromatic heterocycles. The number of hydrogen-bond acceptors (Lipinski definition) is 3. The maximum atomic E-state index is 5.89. The second-order valence-electron chi connectivity index (χ2n) is 5.60. The number of halogens is 1. The molecule has 1 aromatic rings. The average Bonchev–Trinajstić information content (AvgIpc) is 2.67. The highest BCUT2D eigenvalue weighted by Crippen LogP contribution is 2.23. The van der Waals surface area contributed by atoms with Crippen LogP contribution in [-0.4, -0.2) is 37.0 Å². The Balaban J connectivity index is 0.00000324. The maximum absolute atomic E-state index is 5.89. The van der Waals surface area contributed by atoms with Crippen LogP contribution in [0, 0.1) is 0 Å². The third kappa shape index (κ3) is 7.12. The van der Waals surface area contributed by atoms with E-state index in [1.165, 1.54) is 4.88 Å². The Morgan fingerprint density at radius 3 is 2.53 bits per heavy atom. The van der Waals surface area contributed by atoms with Crippen LogP contribution in [0.5, 0.6) is 0 Å². The van der Waals surface area contributed by atoms with Crippen LogP contribution in [-0.2, 0) is 0 Å². The van der Waals surface area contributed by atoms with Gasteiger partial charge in [0.1, 0.15) is 0 Å². The van der Waals surface area contributed by atoms with Crippen LogP contribution in [0.4, 0.5) is 0 Å². The molecule has 0 amide bonds. The minimum atomic E-state index is -0.0515. The van der Waals surface area contributed by atoms with Gasteiger partial charge in [0.05, 0.1) is 12.6 Å². The molecule has 1 unspecified atom stereocenters. The highest BCUT2D eigenvalue weighted by molar-refractivity contribution is 14.0. The van der Waals surface area contributed by atoms with E-state index in [2.05, 4.69) is 67.6 Å². The van der Waals surface area contributed by atoms with E-state index in [0.717, 1.165) is 0 Å². The molecule has 0 aliphatic heterocycles. The Labute approximate surface area is 137 Å². The molecule has 3 N–H and O–H groups in total. The van der Waals surface area contributed by atoms with Crippen molar-refractivity contribution in [2.24, 2.45) is 10.7 Å². The molecule has 4 nitrogen and oxygen atoms in total. The minimum Gasteiger partial charge on any atom is -0.370 e. The molecule has 0 radical (unpaired) electrons. The summed E-state index contributed by atoms with van der Waals surface area (Å²) in [7, 11) is 4.13. The quantitative estimate of drug-likeness (QED) is 0.468. The topological polar surface area (TPSA) is 53.6 Å². The molecular weight excluding hydrogens is 371 g/mol. The van der Waals surface area contributed by atoms with Crippen molar-refractivity contribution in [3.63, 3.8) is 0 Å². The van der Waals surface area contributed by atoms with Crippen LogP contribution < -0.4 is 11.1 Å². The SMILES string of the molecule is CN(C)C(CN=C(N)NC(C)(C)C)c1cccs1.I. The molecule has 0 aliphatic carbocycles. The number of hydrogen-bond donors (Lipinski definition) is 2. The summed E-state index contributed by atoms with van der Waals surface area (Å²) in [6.45, 7) is 6.87. The van der Waals surface area contributed by atoms with Gasteiger partial charge in [0.2, 0.25) is 0 Å². The highest BCUT2D eigenvalue weighted by atomic mass is 127. The van der Waals surface area contributed by atoms with Gasteiger partial charge in [-0.2, -0.15) is 0 Å². The first kappa shape index (κ1) is 18.7. The van der Waals surface area contributed by atoms with E-state index in [-0.39, 0.29) is 35.6 Å². The Bertz CT molecular complexity index is 382. The summed E-state index contributed by atoms with van der Waals surface area (Å²) in [5.41, 5.74) is 5.83. The average molecular weight is 396 g/mol. The number of nitrogens with zero attached hydrogens (tertiary/aromatic N) is 2. The zero-order valence-corrected chi connectivity index (χ0v) is 15.5. The Kier molecular flexibility index (Phi) is 7.92. The van der Waals surface area contributed by atoms with Crippen LogP contribution in [0.25, 0.3) is 0 Å². The molecule has 1 rings (SSSR count). The fourth-order valence-electron chi connectivity index (χ4n) is 1.60. The Morgan fingerprint density at radius 1 is 1.47 bits per heavy atom. The van der Waals surface area contributed by atoms with Gasteiger partial charge in [0.25, 0.3) is 0 Å². The summed E-state index contributed by atoms with van der Waals surface area (Å²) >= 11 is 1.75. The lowest BCUT2D eigenvalue weighted by Crippen LogP contribution is -2.45. The molecule has 0 aliphatic rings. The van der Waals surface area contributed by atoms with Crippen LogP contribution in [0.1, 0.15) is 31.7 Å². The molecule has 110 valence electrons. The number of thiophene rings is 1. The first-order valence-corrected chi connectivity index (χ1v) is 6.95. The second-order valence-corrected chi connectivity index (χ2v) is 6.58. The molecule has 0 saturated carbocycles. The predicted octanol–water partition coefficient (Wildman–Crippen LogP) is 2.67. The summed E-state index contributed by atoms with van der Waals surface area (Å²) in [4.78, 5) is 7.91. The van der Waals surface area contributed by atoms with Crippen molar-refractivity contribution in [2.75, 3.05) is 20.6 Å². The molecule has 1 heterocycles. The van der Waals surface area contributed by atoms with Gasteiger partial charge in [-0.25, -0.2) is 0 Å². The van der Waals surface area contributed by atoms with Gasteiger partial charge in [-0.1, -0.05) is 6.07 Å². The lowest BCUT2D eigenvalue weighted by atomic mass is 10.1. The van der Waals surface area contributed by atoms with E-state index in [4.69, 9.17) is 5.73 Å². The van der Waals surface area contributed by atoms with Crippen molar-refractivity contribution in [1.82, 2.24) is 10.2 Å². The first-order valence-electron chi connectivity index (χ1n) is 6.07. The van der Waals surface area contributed by atoms with Crippen LogP contribution in [0.3, 0.4) is 0 Å². The predicted molar refractivity (Wildman–Crippen MR) is 95.5 cm³/mol. The van der Waals surface area contributed by atoms with E-state index in [0.29, 0.717) is 12.5 Å². The largest absolute Gasteiger partial charge is 0.370 e. The zero-order valence-electron chi connectivity index (χ0n) is 12.3. The van der Waals surface area contributed by atoms with Crippen molar-refractivity contribution in [3.8, 4) is 0 Å². The summed E-state index contributed by atoms with van der Waals surface area (Å²) in [5, 5.41) is 5.26.